The smallest absolute Gasteiger partial charge is 0.103 e. The molecule has 2 aliphatic rings. The van der Waals surface area contributed by atoms with Crippen molar-refractivity contribution in [3.05, 3.63) is 47.1 Å². The first kappa shape index (κ1) is 19.2. The van der Waals surface area contributed by atoms with Crippen molar-refractivity contribution in [1.29, 1.82) is 0 Å². The molecule has 0 spiro atoms. The minimum atomic E-state index is -0.330. The molecule has 0 fully saturated rings. The lowest BCUT2D eigenvalue weighted by Crippen LogP contribution is -2.55. The summed E-state index contributed by atoms with van der Waals surface area (Å²) in [4.78, 5) is 0. The van der Waals surface area contributed by atoms with E-state index < -0.39 is 0 Å². The summed E-state index contributed by atoms with van der Waals surface area (Å²) in [5.41, 5.74) is 3.59. The molecule has 0 N–H and O–H groups in total. The van der Waals surface area contributed by atoms with Crippen LogP contribution in [0.5, 0.6) is 0 Å². The predicted octanol–water partition coefficient (Wildman–Crippen LogP) is 6.78. The van der Waals surface area contributed by atoms with Gasteiger partial charge in [0.05, 0.1) is 5.60 Å². The van der Waals surface area contributed by atoms with Crippen molar-refractivity contribution in [3.63, 3.8) is 0 Å². The van der Waals surface area contributed by atoms with E-state index in [0.717, 1.165) is 12.8 Å². The second-order valence-electron chi connectivity index (χ2n) is 9.92. The Labute approximate surface area is 149 Å². The highest BCUT2D eigenvalue weighted by atomic mass is 16.5. The Morgan fingerprint density at radius 1 is 0.958 bits per heavy atom. The molecular weight excluding hydrogens is 292 g/mol. The number of allylic oxidation sites excluding steroid dienone is 5. The van der Waals surface area contributed by atoms with E-state index >= 15 is 0 Å². The fourth-order valence-electron chi connectivity index (χ4n) is 4.13. The van der Waals surface area contributed by atoms with Gasteiger partial charge in [-0.05, 0) is 57.1 Å². The van der Waals surface area contributed by atoms with Crippen molar-refractivity contribution in [2.45, 2.75) is 86.4 Å². The van der Waals surface area contributed by atoms with E-state index in [-0.39, 0.29) is 22.0 Å². The SMILES string of the molecule is CC1=CCC(OC(C)(C)C)(C(C)(C)C2=CCC=C2)C(C(C)(C)C)=C1. The van der Waals surface area contributed by atoms with E-state index in [2.05, 4.69) is 92.7 Å². The molecule has 2 aliphatic carbocycles. The van der Waals surface area contributed by atoms with Gasteiger partial charge in [0, 0.05) is 5.41 Å². The number of ether oxygens (including phenoxy) is 1. The monoisotopic (exact) mass is 328 g/mol. The van der Waals surface area contributed by atoms with Gasteiger partial charge in [0.15, 0.2) is 0 Å². The summed E-state index contributed by atoms with van der Waals surface area (Å²) in [6, 6.07) is 0. The van der Waals surface area contributed by atoms with E-state index in [9.17, 15) is 0 Å². The van der Waals surface area contributed by atoms with Crippen molar-refractivity contribution < 1.29 is 4.74 Å². The van der Waals surface area contributed by atoms with Gasteiger partial charge in [0.2, 0.25) is 0 Å². The summed E-state index contributed by atoms with van der Waals surface area (Å²) in [6.07, 6.45) is 13.6. The minimum absolute atomic E-state index is 0.0565. The van der Waals surface area contributed by atoms with Gasteiger partial charge in [-0.2, -0.15) is 0 Å². The summed E-state index contributed by atoms with van der Waals surface area (Å²) in [5.74, 6) is 0. The second-order valence-corrected chi connectivity index (χ2v) is 9.92. The molecule has 134 valence electrons. The van der Waals surface area contributed by atoms with Crippen LogP contribution in [0.1, 0.15) is 75.2 Å². The summed E-state index contributed by atoms with van der Waals surface area (Å²) in [5, 5.41) is 0. The predicted molar refractivity (Wildman–Crippen MR) is 105 cm³/mol. The number of rotatable bonds is 3. The van der Waals surface area contributed by atoms with Gasteiger partial charge < -0.3 is 4.74 Å². The van der Waals surface area contributed by atoms with E-state index in [1.165, 1.54) is 16.7 Å². The Hall–Kier alpha value is -1.08. The fourth-order valence-corrected chi connectivity index (χ4v) is 4.13. The maximum Gasteiger partial charge on any atom is 0.103 e. The highest BCUT2D eigenvalue weighted by Gasteiger charge is 2.54. The summed E-state index contributed by atoms with van der Waals surface area (Å²) in [7, 11) is 0. The lowest BCUT2D eigenvalue weighted by molar-refractivity contribution is -0.161. The maximum absolute atomic E-state index is 6.94. The quantitative estimate of drug-likeness (QED) is 0.555. The van der Waals surface area contributed by atoms with Crippen molar-refractivity contribution in [1.82, 2.24) is 0 Å². The van der Waals surface area contributed by atoms with Crippen molar-refractivity contribution in [2.75, 3.05) is 0 Å². The molecule has 1 nitrogen and oxygen atoms in total. The van der Waals surface area contributed by atoms with E-state index in [1.807, 2.05) is 0 Å². The Morgan fingerprint density at radius 2 is 1.58 bits per heavy atom. The number of hydrogen-bond donors (Lipinski definition) is 0. The first-order valence-corrected chi connectivity index (χ1v) is 9.26. The minimum Gasteiger partial charge on any atom is -0.364 e. The van der Waals surface area contributed by atoms with E-state index in [4.69, 9.17) is 4.74 Å². The van der Waals surface area contributed by atoms with Crippen LogP contribution in [0.3, 0.4) is 0 Å². The lowest BCUT2D eigenvalue weighted by Gasteiger charge is -2.55. The normalized spacial score (nSPS) is 25.5. The Morgan fingerprint density at radius 3 is 2.04 bits per heavy atom. The largest absolute Gasteiger partial charge is 0.364 e. The van der Waals surface area contributed by atoms with Crippen LogP contribution in [0.2, 0.25) is 0 Å². The first-order chi connectivity index (χ1) is 10.8. The summed E-state index contributed by atoms with van der Waals surface area (Å²) in [6.45, 7) is 20.4. The third-order valence-electron chi connectivity index (χ3n) is 5.31. The molecule has 0 radical (unpaired) electrons. The molecule has 0 bridgehead atoms. The summed E-state index contributed by atoms with van der Waals surface area (Å²) >= 11 is 0. The maximum atomic E-state index is 6.94. The zero-order valence-corrected chi connectivity index (χ0v) is 17.2. The molecule has 1 heteroatoms. The van der Waals surface area contributed by atoms with Gasteiger partial charge >= 0.3 is 0 Å². The average Bonchev–Trinajstić information content (AvgIpc) is 2.92. The van der Waals surface area contributed by atoms with Gasteiger partial charge in [-0.3, -0.25) is 0 Å². The van der Waals surface area contributed by atoms with Gasteiger partial charge in [0.25, 0.3) is 0 Å². The van der Waals surface area contributed by atoms with Crippen LogP contribution in [0.25, 0.3) is 0 Å². The molecule has 0 aliphatic heterocycles. The standard InChI is InChI=1S/C23H36O/c1-17-14-15-23(24-21(5,6)7,19(16-17)20(2,3)4)22(8,9)18-12-10-11-13-18/h10,12-14,16H,11,15H2,1-9H3. The molecular formula is C23H36O. The molecule has 0 amide bonds. The van der Waals surface area contributed by atoms with Gasteiger partial charge in [-0.1, -0.05) is 70.6 Å². The molecule has 1 unspecified atom stereocenters. The van der Waals surface area contributed by atoms with Crippen LogP contribution >= 0.6 is 0 Å². The topological polar surface area (TPSA) is 9.23 Å². The van der Waals surface area contributed by atoms with E-state index in [1.54, 1.807) is 0 Å². The molecule has 0 saturated carbocycles. The molecule has 2 rings (SSSR count). The van der Waals surface area contributed by atoms with Crippen molar-refractivity contribution >= 4 is 0 Å². The lowest BCUT2D eigenvalue weighted by atomic mass is 9.58. The Balaban J connectivity index is 2.69. The van der Waals surface area contributed by atoms with E-state index in [0.29, 0.717) is 0 Å². The Kier molecular flexibility index (Phi) is 4.83. The first-order valence-electron chi connectivity index (χ1n) is 9.26. The zero-order chi connectivity index (χ0) is 18.4. The molecule has 0 saturated heterocycles. The van der Waals surface area contributed by atoms with Crippen LogP contribution in [-0.2, 0) is 4.74 Å². The third-order valence-corrected chi connectivity index (χ3v) is 5.31. The van der Waals surface area contributed by atoms with Crippen molar-refractivity contribution in [2.24, 2.45) is 10.8 Å². The van der Waals surface area contributed by atoms with Gasteiger partial charge in [-0.25, -0.2) is 0 Å². The number of hydrogen-bond acceptors (Lipinski definition) is 1. The molecule has 24 heavy (non-hydrogen) atoms. The van der Waals surface area contributed by atoms with Crippen molar-refractivity contribution in [3.8, 4) is 0 Å². The van der Waals surface area contributed by atoms with Crippen LogP contribution in [-0.4, -0.2) is 11.2 Å². The van der Waals surface area contributed by atoms with Crippen LogP contribution in [0, 0.1) is 10.8 Å². The average molecular weight is 329 g/mol. The van der Waals surface area contributed by atoms with Crippen LogP contribution in [0.4, 0.5) is 0 Å². The highest BCUT2D eigenvalue weighted by molar-refractivity contribution is 5.45. The fraction of sp³-hybridized carbons (Fsp3) is 0.652. The molecule has 0 aromatic rings. The second kappa shape index (κ2) is 6.02. The molecule has 1 atom stereocenters. The highest BCUT2D eigenvalue weighted by Crippen LogP contribution is 2.56. The third kappa shape index (κ3) is 3.47. The molecule has 0 aromatic heterocycles. The zero-order valence-electron chi connectivity index (χ0n) is 17.2. The molecule has 0 aromatic carbocycles. The van der Waals surface area contributed by atoms with Crippen LogP contribution < -0.4 is 0 Å². The molecule has 0 heterocycles. The Bertz CT molecular complexity index is 611. The van der Waals surface area contributed by atoms with Gasteiger partial charge in [0.1, 0.15) is 5.60 Å². The van der Waals surface area contributed by atoms with Gasteiger partial charge in [-0.15, -0.1) is 0 Å². The summed E-state index contributed by atoms with van der Waals surface area (Å²) < 4.78 is 6.94. The van der Waals surface area contributed by atoms with Crippen LogP contribution in [0.15, 0.2) is 47.1 Å².